The molecule has 4 rings (SSSR count). The van der Waals surface area contributed by atoms with Gasteiger partial charge in [-0.05, 0) is 56.2 Å². The van der Waals surface area contributed by atoms with Crippen LogP contribution in [0.1, 0.15) is 41.0 Å². The standard InChI is InChI=1S/C31H30ClFN4O3/c1-6-24(36(5)31-19(2)10-13-27(35-31)21(4)38)17-37-16-20(3)25(15-30(37)39)28-8-7-9-29(34-28)40-18-22-11-12-23(32)14-26(22)33/h6-16H,17-18H2,1-5H3. The second kappa shape index (κ2) is 12.3. The molecule has 206 valence electrons. The molecular weight excluding hydrogens is 531 g/mol. The van der Waals surface area contributed by atoms with Crippen molar-refractivity contribution in [2.45, 2.75) is 40.8 Å². The number of benzene rings is 1. The molecule has 40 heavy (non-hydrogen) atoms. The minimum atomic E-state index is -0.452. The number of allylic oxidation sites excluding steroid dienone is 2. The van der Waals surface area contributed by atoms with Crippen LogP contribution in [0.3, 0.4) is 0 Å². The van der Waals surface area contributed by atoms with E-state index in [4.69, 9.17) is 16.3 Å². The van der Waals surface area contributed by atoms with Gasteiger partial charge < -0.3 is 14.2 Å². The number of halogens is 2. The first kappa shape index (κ1) is 28.7. The van der Waals surface area contributed by atoms with Crippen LogP contribution in [-0.4, -0.2) is 27.4 Å². The molecule has 0 N–H and O–H groups in total. The maximum absolute atomic E-state index is 14.1. The van der Waals surface area contributed by atoms with Crippen LogP contribution in [-0.2, 0) is 13.2 Å². The van der Waals surface area contributed by atoms with Crippen molar-refractivity contribution >= 4 is 23.2 Å². The Morgan fingerprint density at radius 1 is 1.10 bits per heavy atom. The van der Waals surface area contributed by atoms with Crippen molar-refractivity contribution in [1.29, 1.82) is 0 Å². The Labute approximate surface area is 237 Å². The van der Waals surface area contributed by atoms with Crippen molar-refractivity contribution in [3.8, 4) is 17.1 Å². The first-order valence-electron chi connectivity index (χ1n) is 12.7. The van der Waals surface area contributed by atoms with Crippen LogP contribution in [0.5, 0.6) is 5.88 Å². The van der Waals surface area contributed by atoms with Gasteiger partial charge in [0.1, 0.15) is 23.9 Å². The summed E-state index contributed by atoms with van der Waals surface area (Å²) in [6.07, 6.45) is 3.71. The first-order chi connectivity index (χ1) is 19.1. The number of carbonyl (C=O) groups is 1. The first-order valence-corrected chi connectivity index (χ1v) is 13.1. The predicted octanol–water partition coefficient (Wildman–Crippen LogP) is 6.54. The number of Topliss-reactive ketones (excluding diaryl/α,β-unsaturated/α-hetero) is 1. The highest BCUT2D eigenvalue weighted by atomic mass is 35.5. The van der Waals surface area contributed by atoms with Gasteiger partial charge in [0.05, 0.1) is 12.2 Å². The molecule has 0 aliphatic carbocycles. The largest absolute Gasteiger partial charge is 0.473 e. The van der Waals surface area contributed by atoms with E-state index in [0.29, 0.717) is 45.8 Å². The highest BCUT2D eigenvalue weighted by Crippen LogP contribution is 2.25. The number of carbonyl (C=O) groups excluding carboxylic acids is 1. The number of aryl methyl sites for hydroxylation is 2. The molecule has 0 bridgehead atoms. The van der Waals surface area contributed by atoms with E-state index in [2.05, 4.69) is 9.97 Å². The van der Waals surface area contributed by atoms with Crippen LogP contribution >= 0.6 is 11.6 Å². The molecule has 1 aromatic carbocycles. The monoisotopic (exact) mass is 560 g/mol. The highest BCUT2D eigenvalue weighted by molar-refractivity contribution is 6.30. The van der Waals surface area contributed by atoms with Gasteiger partial charge in [-0.1, -0.05) is 35.9 Å². The third kappa shape index (κ3) is 6.46. The Kier molecular flexibility index (Phi) is 8.80. The Bertz CT molecular complexity index is 1670. The fourth-order valence-corrected chi connectivity index (χ4v) is 4.44. The number of likely N-dealkylation sites (N-methyl/N-ethyl adjacent to an activating group) is 1. The molecule has 0 spiro atoms. The Balaban J connectivity index is 1.55. The lowest BCUT2D eigenvalue weighted by Gasteiger charge is -2.24. The van der Waals surface area contributed by atoms with Gasteiger partial charge in [-0.3, -0.25) is 9.59 Å². The lowest BCUT2D eigenvalue weighted by Crippen LogP contribution is -2.28. The minimum Gasteiger partial charge on any atom is -0.473 e. The van der Waals surface area contributed by atoms with Crippen LogP contribution in [0.4, 0.5) is 10.2 Å². The summed E-state index contributed by atoms with van der Waals surface area (Å²) in [5, 5.41) is 0.314. The number of hydrogen-bond acceptors (Lipinski definition) is 6. The number of nitrogens with zero attached hydrogens (tertiary/aromatic N) is 4. The third-order valence-electron chi connectivity index (χ3n) is 6.56. The SMILES string of the molecule is CC=C(Cn1cc(C)c(-c2cccc(OCc3ccc(Cl)cc3F)n2)cc1=O)N(C)c1nc(C(C)=O)ccc1C. The lowest BCUT2D eigenvalue weighted by atomic mass is 10.1. The summed E-state index contributed by atoms with van der Waals surface area (Å²) in [4.78, 5) is 36.0. The molecule has 0 amide bonds. The van der Waals surface area contributed by atoms with Crippen LogP contribution < -0.4 is 15.2 Å². The van der Waals surface area contributed by atoms with Crippen molar-refractivity contribution in [3.63, 3.8) is 0 Å². The van der Waals surface area contributed by atoms with E-state index in [0.717, 1.165) is 16.8 Å². The molecule has 0 saturated heterocycles. The van der Waals surface area contributed by atoms with E-state index >= 15 is 0 Å². The molecule has 4 aromatic rings. The van der Waals surface area contributed by atoms with Gasteiger partial charge in [-0.2, -0.15) is 0 Å². The molecule has 0 aliphatic rings. The van der Waals surface area contributed by atoms with Gasteiger partial charge in [-0.15, -0.1) is 0 Å². The van der Waals surface area contributed by atoms with Crippen molar-refractivity contribution < 1.29 is 13.9 Å². The Morgan fingerprint density at radius 2 is 1.88 bits per heavy atom. The quantitative estimate of drug-likeness (QED) is 0.216. The smallest absolute Gasteiger partial charge is 0.251 e. The van der Waals surface area contributed by atoms with Crippen LogP contribution in [0.15, 0.2) is 77.4 Å². The molecule has 0 fully saturated rings. The van der Waals surface area contributed by atoms with Gasteiger partial charge in [-0.25, -0.2) is 14.4 Å². The van der Waals surface area contributed by atoms with E-state index in [1.54, 1.807) is 53.2 Å². The lowest BCUT2D eigenvalue weighted by molar-refractivity contribution is 0.101. The molecule has 9 heteroatoms. The number of aromatic nitrogens is 3. The van der Waals surface area contributed by atoms with Gasteiger partial charge in [0.25, 0.3) is 5.56 Å². The summed E-state index contributed by atoms with van der Waals surface area (Å²) in [5.41, 5.74) is 4.39. The second-order valence-corrected chi connectivity index (χ2v) is 9.89. The number of pyridine rings is 3. The molecule has 0 saturated carbocycles. The Morgan fingerprint density at radius 3 is 2.58 bits per heavy atom. The summed E-state index contributed by atoms with van der Waals surface area (Å²) in [5.74, 6) is 0.400. The molecular formula is C31H30ClFN4O3. The number of ether oxygens (including phenoxy) is 1. The maximum atomic E-state index is 14.1. The predicted molar refractivity (Wildman–Crippen MR) is 156 cm³/mol. The summed E-state index contributed by atoms with van der Waals surface area (Å²) in [6.45, 7) is 7.51. The Hall–Kier alpha value is -4.30. The zero-order valence-electron chi connectivity index (χ0n) is 23.0. The normalized spacial score (nSPS) is 11.4. The van der Waals surface area contributed by atoms with E-state index in [1.807, 2.05) is 44.9 Å². The van der Waals surface area contributed by atoms with Crippen molar-refractivity contribution in [2.75, 3.05) is 11.9 Å². The molecule has 0 unspecified atom stereocenters. The molecule has 0 aliphatic heterocycles. The van der Waals surface area contributed by atoms with Gasteiger partial charge in [0.15, 0.2) is 5.78 Å². The maximum Gasteiger partial charge on any atom is 0.251 e. The molecule has 3 heterocycles. The van der Waals surface area contributed by atoms with E-state index in [-0.39, 0.29) is 17.9 Å². The summed E-state index contributed by atoms with van der Waals surface area (Å²) < 4.78 is 21.5. The summed E-state index contributed by atoms with van der Waals surface area (Å²) in [6, 6.07) is 14.8. The van der Waals surface area contributed by atoms with E-state index < -0.39 is 5.82 Å². The van der Waals surface area contributed by atoms with Crippen molar-refractivity contribution in [3.05, 3.63) is 116 Å². The van der Waals surface area contributed by atoms with Gasteiger partial charge in [0.2, 0.25) is 5.88 Å². The molecule has 3 aromatic heterocycles. The highest BCUT2D eigenvalue weighted by Gasteiger charge is 2.16. The van der Waals surface area contributed by atoms with Crippen molar-refractivity contribution in [1.82, 2.24) is 14.5 Å². The van der Waals surface area contributed by atoms with E-state index in [1.165, 1.54) is 13.0 Å². The van der Waals surface area contributed by atoms with Crippen molar-refractivity contribution in [2.24, 2.45) is 0 Å². The van der Waals surface area contributed by atoms with Crippen LogP contribution in [0.2, 0.25) is 5.02 Å². The topological polar surface area (TPSA) is 77.3 Å². The zero-order valence-corrected chi connectivity index (χ0v) is 23.8. The number of rotatable bonds is 9. The summed E-state index contributed by atoms with van der Waals surface area (Å²) >= 11 is 5.82. The number of hydrogen-bond donors (Lipinski definition) is 0. The fraction of sp³-hybridized carbons (Fsp3) is 0.226. The van der Waals surface area contributed by atoms with E-state index in [9.17, 15) is 14.0 Å². The van der Waals surface area contributed by atoms with Crippen LogP contribution in [0, 0.1) is 19.7 Å². The van der Waals surface area contributed by atoms with Gasteiger partial charge in [0, 0.05) is 54.1 Å². The molecule has 7 nitrogen and oxygen atoms in total. The fourth-order valence-electron chi connectivity index (χ4n) is 4.28. The average Bonchev–Trinajstić information content (AvgIpc) is 2.92. The second-order valence-electron chi connectivity index (χ2n) is 9.45. The number of anilines is 1. The van der Waals surface area contributed by atoms with Gasteiger partial charge >= 0.3 is 0 Å². The molecule has 0 atom stereocenters. The van der Waals surface area contributed by atoms with Crippen LogP contribution in [0.25, 0.3) is 11.3 Å². The minimum absolute atomic E-state index is 0.0106. The third-order valence-corrected chi connectivity index (χ3v) is 6.80. The zero-order chi connectivity index (χ0) is 29.0. The summed E-state index contributed by atoms with van der Waals surface area (Å²) in [7, 11) is 1.87. The molecule has 0 radical (unpaired) electrons. The number of ketones is 1. The average molecular weight is 561 g/mol.